The molecule has 1 aromatic carbocycles. The Morgan fingerprint density at radius 1 is 1.23 bits per heavy atom. The molecule has 0 aliphatic carbocycles. The van der Waals surface area contributed by atoms with Gasteiger partial charge < -0.3 is 14.4 Å². The van der Waals surface area contributed by atoms with Crippen molar-refractivity contribution in [2.45, 2.75) is 50.4 Å². The molecule has 0 N–H and O–H groups in total. The van der Waals surface area contributed by atoms with Crippen LogP contribution in [-0.4, -0.2) is 64.2 Å². The molecule has 0 radical (unpaired) electrons. The van der Waals surface area contributed by atoms with Gasteiger partial charge in [-0.25, -0.2) is 0 Å². The number of piperidine rings is 1. The third-order valence-electron chi connectivity index (χ3n) is 5.81. The maximum absolute atomic E-state index is 12.7. The molecule has 0 spiro atoms. The van der Waals surface area contributed by atoms with Gasteiger partial charge in [0.15, 0.2) is 11.0 Å². The highest BCUT2D eigenvalue weighted by atomic mass is 32.2. The predicted molar refractivity (Wildman–Crippen MR) is 117 cm³/mol. The molecule has 0 bridgehead atoms. The van der Waals surface area contributed by atoms with E-state index in [4.69, 9.17) is 9.47 Å². The molecule has 2 fully saturated rings. The topological polar surface area (TPSA) is 69.5 Å². The number of amides is 1. The highest BCUT2D eigenvalue weighted by molar-refractivity contribution is 7.99. The maximum Gasteiger partial charge on any atom is 0.233 e. The summed E-state index contributed by atoms with van der Waals surface area (Å²) in [5, 5.41) is 9.66. The number of hydrogen-bond acceptors (Lipinski definition) is 6. The number of ether oxygens (including phenoxy) is 2. The van der Waals surface area contributed by atoms with Crippen LogP contribution >= 0.6 is 11.8 Å². The quantitative estimate of drug-likeness (QED) is 0.627. The molecule has 2 atom stereocenters. The van der Waals surface area contributed by atoms with E-state index in [2.05, 4.69) is 21.7 Å². The van der Waals surface area contributed by atoms with Crippen LogP contribution in [0.2, 0.25) is 0 Å². The van der Waals surface area contributed by atoms with Gasteiger partial charge in [-0.3, -0.25) is 9.36 Å². The zero-order valence-corrected chi connectivity index (χ0v) is 18.6. The van der Waals surface area contributed by atoms with E-state index in [0.29, 0.717) is 18.2 Å². The van der Waals surface area contributed by atoms with Crippen molar-refractivity contribution in [3.05, 3.63) is 24.3 Å². The average Bonchev–Trinajstić information content (AvgIpc) is 3.42. The smallest absolute Gasteiger partial charge is 0.233 e. The summed E-state index contributed by atoms with van der Waals surface area (Å²) >= 11 is 1.47. The first-order valence-corrected chi connectivity index (χ1v) is 11.7. The Balaban J connectivity index is 1.51. The van der Waals surface area contributed by atoms with Gasteiger partial charge in [0, 0.05) is 25.3 Å². The number of hydrogen-bond donors (Lipinski definition) is 0. The first kappa shape index (κ1) is 21.2. The molecule has 4 rings (SSSR count). The van der Waals surface area contributed by atoms with Crippen LogP contribution in [0.5, 0.6) is 5.75 Å². The van der Waals surface area contributed by atoms with Crippen LogP contribution in [0.3, 0.4) is 0 Å². The van der Waals surface area contributed by atoms with Crippen LogP contribution in [-0.2, 0) is 16.1 Å². The lowest BCUT2D eigenvalue weighted by molar-refractivity contribution is -0.130. The second kappa shape index (κ2) is 9.83. The molecule has 1 amide bonds. The number of likely N-dealkylation sites (tertiary alicyclic amines) is 1. The summed E-state index contributed by atoms with van der Waals surface area (Å²) in [6.07, 6.45) is 4.58. The SMILES string of the molecule is COc1ccc(-c2nnc(SCC(=O)N3CCCC(C)C3)n2CC2CCCO2)cc1. The fourth-order valence-corrected chi connectivity index (χ4v) is 4.99. The predicted octanol–water partition coefficient (Wildman–Crippen LogP) is 3.48. The number of aromatic nitrogens is 3. The molecule has 0 saturated carbocycles. The molecule has 30 heavy (non-hydrogen) atoms. The maximum atomic E-state index is 12.7. The number of rotatable bonds is 7. The Labute approximate surface area is 182 Å². The summed E-state index contributed by atoms with van der Waals surface area (Å²) in [6.45, 7) is 5.44. The van der Waals surface area contributed by atoms with Crippen molar-refractivity contribution in [1.29, 1.82) is 0 Å². The molecule has 2 unspecified atom stereocenters. The van der Waals surface area contributed by atoms with E-state index in [-0.39, 0.29) is 12.0 Å². The van der Waals surface area contributed by atoms with E-state index in [9.17, 15) is 4.79 Å². The standard InChI is InChI=1S/C22H30N4O3S/c1-16-5-3-11-25(13-16)20(27)15-30-22-24-23-21(17-7-9-18(28-2)10-8-17)26(22)14-19-6-4-12-29-19/h7-10,16,19H,3-6,11-15H2,1-2H3. The van der Waals surface area contributed by atoms with E-state index in [1.807, 2.05) is 29.2 Å². The van der Waals surface area contributed by atoms with Crippen molar-refractivity contribution in [1.82, 2.24) is 19.7 Å². The Bertz CT molecular complexity index is 849. The van der Waals surface area contributed by atoms with Gasteiger partial charge in [0.2, 0.25) is 5.91 Å². The average molecular weight is 431 g/mol. The van der Waals surface area contributed by atoms with Crippen LogP contribution < -0.4 is 4.74 Å². The summed E-state index contributed by atoms with van der Waals surface area (Å²) in [7, 11) is 1.66. The summed E-state index contributed by atoms with van der Waals surface area (Å²) < 4.78 is 13.2. The molecule has 2 saturated heterocycles. The minimum Gasteiger partial charge on any atom is -0.497 e. The van der Waals surface area contributed by atoms with Gasteiger partial charge >= 0.3 is 0 Å². The van der Waals surface area contributed by atoms with Crippen molar-refractivity contribution >= 4 is 17.7 Å². The monoisotopic (exact) mass is 430 g/mol. The third-order valence-corrected chi connectivity index (χ3v) is 6.76. The van der Waals surface area contributed by atoms with Crippen LogP contribution in [0.15, 0.2) is 29.4 Å². The molecule has 162 valence electrons. The van der Waals surface area contributed by atoms with Crippen molar-refractivity contribution < 1.29 is 14.3 Å². The molecule has 8 heteroatoms. The number of methoxy groups -OCH3 is 1. The van der Waals surface area contributed by atoms with Crippen molar-refractivity contribution in [3.63, 3.8) is 0 Å². The second-order valence-electron chi connectivity index (χ2n) is 8.16. The van der Waals surface area contributed by atoms with Gasteiger partial charge in [0.05, 0.1) is 25.5 Å². The van der Waals surface area contributed by atoms with Crippen molar-refractivity contribution in [2.75, 3.05) is 32.6 Å². The molecule has 7 nitrogen and oxygen atoms in total. The zero-order valence-electron chi connectivity index (χ0n) is 17.7. The normalized spacial score (nSPS) is 21.7. The van der Waals surface area contributed by atoms with E-state index < -0.39 is 0 Å². The number of benzene rings is 1. The fraction of sp³-hybridized carbons (Fsp3) is 0.591. The number of carbonyl (C=O) groups is 1. The van der Waals surface area contributed by atoms with Gasteiger partial charge in [-0.05, 0) is 55.9 Å². The molecule has 2 aliphatic rings. The molecule has 2 aliphatic heterocycles. The fourth-order valence-electron chi connectivity index (χ4n) is 4.14. The summed E-state index contributed by atoms with van der Waals surface area (Å²) in [6, 6.07) is 7.83. The van der Waals surface area contributed by atoms with Crippen LogP contribution in [0.1, 0.15) is 32.6 Å². The lowest BCUT2D eigenvalue weighted by Gasteiger charge is -2.30. The van der Waals surface area contributed by atoms with E-state index >= 15 is 0 Å². The van der Waals surface area contributed by atoms with Gasteiger partial charge in [-0.1, -0.05) is 18.7 Å². The van der Waals surface area contributed by atoms with Gasteiger partial charge in [-0.15, -0.1) is 10.2 Å². The zero-order chi connectivity index (χ0) is 20.9. The number of nitrogens with zero attached hydrogens (tertiary/aromatic N) is 4. The van der Waals surface area contributed by atoms with Gasteiger partial charge in [-0.2, -0.15) is 0 Å². The third kappa shape index (κ3) is 4.98. The summed E-state index contributed by atoms with van der Waals surface area (Å²) in [5.74, 6) is 2.76. The van der Waals surface area contributed by atoms with E-state index in [1.165, 1.54) is 18.2 Å². The van der Waals surface area contributed by atoms with Crippen LogP contribution in [0.4, 0.5) is 0 Å². The van der Waals surface area contributed by atoms with Crippen molar-refractivity contribution in [2.24, 2.45) is 5.92 Å². The lowest BCUT2D eigenvalue weighted by Crippen LogP contribution is -2.40. The van der Waals surface area contributed by atoms with Crippen molar-refractivity contribution in [3.8, 4) is 17.1 Å². The first-order valence-electron chi connectivity index (χ1n) is 10.7. The molecule has 3 heterocycles. The minimum absolute atomic E-state index is 0.163. The Morgan fingerprint density at radius 3 is 2.77 bits per heavy atom. The first-order chi connectivity index (χ1) is 14.6. The molecular formula is C22H30N4O3S. The number of carbonyl (C=O) groups excluding carboxylic acids is 1. The Hall–Kier alpha value is -2.06. The van der Waals surface area contributed by atoms with E-state index in [1.54, 1.807) is 7.11 Å². The molecule has 1 aromatic heterocycles. The van der Waals surface area contributed by atoms with Crippen LogP contribution in [0.25, 0.3) is 11.4 Å². The van der Waals surface area contributed by atoms with Gasteiger partial charge in [0.1, 0.15) is 5.75 Å². The highest BCUT2D eigenvalue weighted by Crippen LogP contribution is 2.28. The molecular weight excluding hydrogens is 400 g/mol. The summed E-state index contributed by atoms with van der Waals surface area (Å²) in [4.78, 5) is 14.7. The molecule has 2 aromatic rings. The highest BCUT2D eigenvalue weighted by Gasteiger charge is 2.24. The van der Waals surface area contributed by atoms with Crippen LogP contribution in [0, 0.1) is 5.92 Å². The van der Waals surface area contributed by atoms with Gasteiger partial charge in [0.25, 0.3) is 0 Å². The van der Waals surface area contributed by atoms with E-state index in [0.717, 1.165) is 61.3 Å². The Kier molecular flexibility index (Phi) is 6.94. The second-order valence-corrected chi connectivity index (χ2v) is 9.10. The largest absolute Gasteiger partial charge is 0.497 e. The minimum atomic E-state index is 0.163. The lowest BCUT2D eigenvalue weighted by atomic mass is 10.0. The summed E-state index contributed by atoms with van der Waals surface area (Å²) in [5.41, 5.74) is 0.976. The Morgan fingerprint density at radius 2 is 2.07 bits per heavy atom. The number of thioether (sulfide) groups is 1.